The molecule has 100 valence electrons. The third-order valence-corrected chi connectivity index (χ3v) is 3.05. The van der Waals surface area contributed by atoms with Crippen molar-refractivity contribution in [3.05, 3.63) is 35.1 Å². The molecule has 0 aliphatic heterocycles. The molecule has 1 atom stereocenters. The maximum atomic E-state index is 13.3. The molecule has 0 aliphatic carbocycles. The average molecular weight is 252 g/mol. The van der Waals surface area contributed by atoms with Crippen molar-refractivity contribution in [3.63, 3.8) is 0 Å². The molecule has 0 radical (unpaired) electrons. The molecule has 0 spiro atoms. The van der Waals surface area contributed by atoms with E-state index in [9.17, 15) is 9.18 Å². The number of carbonyl (C=O) groups is 1. The summed E-state index contributed by atoms with van der Waals surface area (Å²) in [5.74, 6) is 0.137. The summed E-state index contributed by atoms with van der Waals surface area (Å²) in [7, 11) is 0. The van der Waals surface area contributed by atoms with Gasteiger partial charge in [0.15, 0.2) is 0 Å². The summed E-state index contributed by atoms with van der Waals surface area (Å²) in [6, 6.07) is 4.85. The van der Waals surface area contributed by atoms with Gasteiger partial charge in [-0.3, -0.25) is 0 Å². The van der Waals surface area contributed by atoms with Gasteiger partial charge in [0.2, 0.25) is 0 Å². The van der Waals surface area contributed by atoms with Crippen molar-refractivity contribution in [1.82, 2.24) is 10.6 Å². The number of aryl methyl sites for hydroxylation is 1. The summed E-state index contributed by atoms with van der Waals surface area (Å²) in [5.41, 5.74) is 1.36. The number of carbonyl (C=O) groups excluding carboxylic acids is 1. The highest BCUT2D eigenvalue weighted by molar-refractivity contribution is 5.74. The molecule has 0 fully saturated rings. The van der Waals surface area contributed by atoms with Gasteiger partial charge in [-0.05, 0) is 37.0 Å². The van der Waals surface area contributed by atoms with Crippen LogP contribution in [-0.4, -0.2) is 12.1 Å². The van der Waals surface area contributed by atoms with Crippen LogP contribution in [0.2, 0.25) is 0 Å². The molecule has 0 saturated carbocycles. The van der Waals surface area contributed by atoms with E-state index in [2.05, 4.69) is 10.6 Å². The van der Waals surface area contributed by atoms with Gasteiger partial charge in [-0.15, -0.1) is 0 Å². The quantitative estimate of drug-likeness (QED) is 0.849. The minimum Gasteiger partial charge on any atom is -0.335 e. The van der Waals surface area contributed by atoms with Crippen LogP contribution in [-0.2, 0) is 6.54 Å². The molecule has 0 aliphatic rings. The van der Waals surface area contributed by atoms with Gasteiger partial charge < -0.3 is 10.6 Å². The van der Waals surface area contributed by atoms with Crippen LogP contribution in [0.3, 0.4) is 0 Å². The lowest BCUT2D eigenvalue weighted by Gasteiger charge is -2.17. The van der Waals surface area contributed by atoms with Gasteiger partial charge in [-0.2, -0.15) is 0 Å². The molecule has 0 saturated heterocycles. The molecular weight excluding hydrogens is 231 g/mol. The topological polar surface area (TPSA) is 41.1 Å². The Bertz CT molecular complexity index is 418. The molecule has 1 unspecified atom stereocenters. The van der Waals surface area contributed by atoms with Gasteiger partial charge >= 0.3 is 6.03 Å². The first-order valence-electron chi connectivity index (χ1n) is 6.19. The molecule has 1 rings (SSSR count). The lowest BCUT2D eigenvalue weighted by atomic mass is 10.1. The number of amides is 2. The second-order valence-electron chi connectivity index (χ2n) is 4.94. The molecule has 0 heterocycles. The van der Waals surface area contributed by atoms with E-state index in [1.54, 1.807) is 13.0 Å². The van der Waals surface area contributed by atoms with Crippen molar-refractivity contribution in [3.8, 4) is 0 Å². The zero-order valence-corrected chi connectivity index (χ0v) is 11.4. The van der Waals surface area contributed by atoms with Crippen LogP contribution in [0.5, 0.6) is 0 Å². The molecular formula is C14H21FN2O. The van der Waals surface area contributed by atoms with Gasteiger partial charge in [0.05, 0.1) is 0 Å². The van der Waals surface area contributed by atoms with E-state index in [1.165, 1.54) is 6.07 Å². The predicted molar refractivity (Wildman–Crippen MR) is 70.8 cm³/mol. The van der Waals surface area contributed by atoms with Crippen molar-refractivity contribution < 1.29 is 9.18 Å². The molecule has 0 bridgehead atoms. The SMILES string of the molecule is Cc1ccc(CNC(=O)NC(C)C(C)C)cc1F. The number of halogens is 1. The summed E-state index contributed by atoms with van der Waals surface area (Å²) >= 11 is 0. The van der Waals surface area contributed by atoms with Gasteiger partial charge in [0, 0.05) is 12.6 Å². The van der Waals surface area contributed by atoms with Crippen molar-refractivity contribution in [2.24, 2.45) is 5.92 Å². The van der Waals surface area contributed by atoms with Gasteiger partial charge in [-0.1, -0.05) is 26.0 Å². The molecule has 1 aromatic rings. The Kier molecular flexibility index (Phi) is 5.13. The predicted octanol–water partition coefficient (Wildman–Crippen LogP) is 2.98. The Balaban J connectivity index is 2.45. The fourth-order valence-electron chi connectivity index (χ4n) is 1.35. The Morgan fingerprint density at radius 2 is 2.00 bits per heavy atom. The van der Waals surface area contributed by atoms with Crippen molar-refractivity contribution in [2.45, 2.75) is 40.3 Å². The zero-order chi connectivity index (χ0) is 13.7. The first kappa shape index (κ1) is 14.5. The van der Waals surface area contributed by atoms with E-state index in [-0.39, 0.29) is 17.9 Å². The number of hydrogen-bond donors (Lipinski definition) is 2. The van der Waals surface area contributed by atoms with E-state index < -0.39 is 0 Å². The Hall–Kier alpha value is -1.58. The minimum absolute atomic E-state index is 0.111. The molecule has 0 aromatic heterocycles. The Morgan fingerprint density at radius 1 is 1.33 bits per heavy atom. The van der Waals surface area contributed by atoms with E-state index in [4.69, 9.17) is 0 Å². The second kappa shape index (κ2) is 6.38. The molecule has 2 N–H and O–H groups in total. The fourth-order valence-corrected chi connectivity index (χ4v) is 1.35. The molecule has 2 amide bonds. The third-order valence-electron chi connectivity index (χ3n) is 3.05. The number of hydrogen-bond acceptors (Lipinski definition) is 1. The smallest absolute Gasteiger partial charge is 0.315 e. The van der Waals surface area contributed by atoms with Crippen LogP contribution in [0.4, 0.5) is 9.18 Å². The normalized spacial score (nSPS) is 12.3. The average Bonchev–Trinajstić information content (AvgIpc) is 2.30. The maximum absolute atomic E-state index is 13.3. The summed E-state index contributed by atoms with van der Waals surface area (Å²) in [5, 5.41) is 5.55. The first-order chi connectivity index (χ1) is 8.40. The van der Waals surface area contributed by atoms with Crippen LogP contribution in [0.25, 0.3) is 0 Å². The molecule has 3 nitrogen and oxygen atoms in total. The summed E-state index contributed by atoms with van der Waals surface area (Å²) in [4.78, 5) is 11.6. The standard InChI is InChI=1S/C14H21FN2O/c1-9(2)11(4)17-14(18)16-8-12-6-5-10(3)13(15)7-12/h5-7,9,11H,8H2,1-4H3,(H2,16,17,18). The van der Waals surface area contributed by atoms with Gasteiger partial charge in [0.1, 0.15) is 5.82 Å². The summed E-state index contributed by atoms with van der Waals surface area (Å²) < 4.78 is 13.3. The highest BCUT2D eigenvalue weighted by Crippen LogP contribution is 2.08. The Morgan fingerprint density at radius 3 is 2.56 bits per heavy atom. The maximum Gasteiger partial charge on any atom is 0.315 e. The highest BCUT2D eigenvalue weighted by Gasteiger charge is 2.10. The largest absolute Gasteiger partial charge is 0.335 e. The lowest BCUT2D eigenvalue weighted by Crippen LogP contribution is -2.42. The van der Waals surface area contributed by atoms with E-state index >= 15 is 0 Å². The van der Waals surface area contributed by atoms with Crippen LogP contribution >= 0.6 is 0 Å². The van der Waals surface area contributed by atoms with E-state index in [1.807, 2.05) is 26.8 Å². The van der Waals surface area contributed by atoms with Crippen LogP contribution in [0, 0.1) is 18.7 Å². The zero-order valence-electron chi connectivity index (χ0n) is 11.4. The molecule has 4 heteroatoms. The summed E-state index contributed by atoms with van der Waals surface area (Å²) in [6.07, 6.45) is 0. The number of urea groups is 1. The van der Waals surface area contributed by atoms with Crippen LogP contribution in [0.1, 0.15) is 31.9 Å². The highest BCUT2D eigenvalue weighted by atomic mass is 19.1. The van der Waals surface area contributed by atoms with Crippen LogP contribution in [0.15, 0.2) is 18.2 Å². The first-order valence-corrected chi connectivity index (χ1v) is 6.19. The number of rotatable bonds is 4. The monoisotopic (exact) mass is 252 g/mol. The van der Waals surface area contributed by atoms with Gasteiger partial charge in [0.25, 0.3) is 0 Å². The molecule has 1 aromatic carbocycles. The van der Waals surface area contributed by atoms with E-state index in [0.717, 1.165) is 5.56 Å². The van der Waals surface area contributed by atoms with E-state index in [0.29, 0.717) is 18.0 Å². The van der Waals surface area contributed by atoms with Crippen LogP contribution < -0.4 is 10.6 Å². The van der Waals surface area contributed by atoms with Crippen molar-refractivity contribution in [2.75, 3.05) is 0 Å². The fraction of sp³-hybridized carbons (Fsp3) is 0.500. The second-order valence-corrected chi connectivity index (χ2v) is 4.94. The molecule has 18 heavy (non-hydrogen) atoms. The number of nitrogens with one attached hydrogen (secondary N) is 2. The van der Waals surface area contributed by atoms with Crippen molar-refractivity contribution >= 4 is 6.03 Å². The summed E-state index contributed by atoms with van der Waals surface area (Å²) in [6.45, 7) is 8.08. The number of benzene rings is 1. The third kappa shape index (κ3) is 4.35. The lowest BCUT2D eigenvalue weighted by molar-refractivity contribution is 0.234. The van der Waals surface area contributed by atoms with Gasteiger partial charge in [-0.25, -0.2) is 9.18 Å². The minimum atomic E-state index is -0.245. The van der Waals surface area contributed by atoms with Crippen molar-refractivity contribution in [1.29, 1.82) is 0 Å². The Labute approximate surface area is 108 Å².